The SMILES string of the molecule is CCCCCCCCCCCCCCCCCOC(=O)CCCCCCCCCCCCCCCCCSP(Oc1cccc(CCCCCCCCCCCCCCCCC)c1)Oc1cccc(CCCCCCCCCCCCCCCCC)c1. The minimum atomic E-state index is -1.16. The monoisotopic (exact) mass is 1250 g/mol. The van der Waals surface area contributed by atoms with Crippen LogP contribution >= 0.6 is 19.0 Å². The van der Waals surface area contributed by atoms with Crippen LogP contribution in [0.3, 0.4) is 0 Å². The van der Waals surface area contributed by atoms with Crippen LogP contribution in [0, 0.1) is 0 Å². The minimum Gasteiger partial charge on any atom is -0.466 e. The lowest BCUT2D eigenvalue weighted by atomic mass is 10.0. The Morgan fingerprint density at radius 3 is 0.862 bits per heavy atom. The predicted octanol–water partition coefficient (Wildman–Crippen LogP) is 29.6. The molecule has 0 unspecified atom stereocenters. The van der Waals surface area contributed by atoms with Crippen LogP contribution in [0.5, 0.6) is 11.5 Å². The number of rotatable bonds is 71. The Balaban J connectivity index is 1.58. The topological polar surface area (TPSA) is 44.8 Å². The molecule has 0 aliphatic heterocycles. The molecule has 0 aliphatic carbocycles. The van der Waals surface area contributed by atoms with Gasteiger partial charge in [-0.1, -0.05) is 398 Å². The van der Waals surface area contributed by atoms with E-state index in [1.54, 1.807) is 0 Å². The molecule has 0 aliphatic rings. The van der Waals surface area contributed by atoms with E-state index in [9.17, 15) is 4.79 Å². The zero-order valence-electron chi connectivity index (χ0n) is 58.6. The van der Waals surface area contributed by atoms with Gasteiger partial charge in [0, 0.05) is 12.2 Å². The number of ether oxygens (including phenoxy) is 1. The van der Waals surface area contributed by atoms with E-state index in [0.717, 1.165) is 49.4 Å². The van der Waals surface area contributed by atoms with E-state index >= 15 is 0 Å². The molecule has 0 spiro atoms. The molecule has 0 N–H and O–H groups in total. The van der Waals surface area contributed by atoms with Crippen molar-refractivity contribution in [1.29, 1.82) is 0 Å². The first-order valence-electron chi connectivity index (χ1n) is 39.3. The van der Waals surface area contributed by atoms with Gasteiger partial charge in [-0.05, 0) is 91.7 Å². The summed E-state index contributed by atoms with van der Waals surface area (Å²) >= 11 is 1.90. The summed E-state index contributed by atoms with van der Waals surface area (Å²) in [5, 5.41) is 0. The molecule has 0 fully saturated rings. The van der Waals surface area contributed by atoms with Crippen LogP contribution < -0.4 is 9.05 Å². The zero-order valence-corrected chi connectivity index (χ0v) is 60.3. The first kappa shape index (κ1) is 81.4. The third kappa shape index (κ3) is 57.9. The molecule has 0 heterocycles. The van der Waals surface area contributed by atoms with Crippen LogP contribution in [0.2, 0.25) is 0 Å². The Hall–Kier alpha value is -1.71. The molecule has 0 amide bonds. The van der Waals surface area contributed by atoms with E-state index in [1.165, 1.54) is 377 Å². The molecule has 2 aromatic carbocycles. The Kier molecular flexibility index (Phi) is 62.8. The number of carbonyl (C=O) groups excluding carboxylic acids is 1. The van der Waals surface area contributed by atoms with Gasteiger partial charge in [-0.15, -0.1) is 0 Å². The largest absolute Gasteiger partial charge is 0.466 e. The summed E-state index contributed by atoms with van der Waals surface area (Å²) in [5.41, 5.74) is 2.79. The molecule has 4 nitrogen and oxygen atoms in total. The number of benzene rings is 2. The summed E-state index contributed by atoms with van der Waals surface area (Å²) < 4.78 is 19.1. The fraction of sp³-hybridized carbons (Fsp3) is 0.840. The van der Waals surface area contributed by atoms with Crippen molar-refractivity contribution in [2.45, 2.75) is 425 Å². The van der Waals surface area contributed by atoms with Gasteiger partial charge in [0.25, 0.3) is 0 Å². The number of unbranched alkanes of at least 4 members (excludes halogenated alkanes) is 56. The second-order valence-corrected chi connectivity index (χ2v) is 30.3. The van der Waals surface area contributed by atoms with E-state index in [1.807, 2.05) is 11.4 Å². The second-order valence-electron chi connectivity index (χ2n) is 27.2. The van der Waals surface area contributed by atoms with Gasteiger partial charge < -0.3 is 13.8 Å². The highest BCUT2D eigenvalue weighted by molar-refractivity contribution is 8.53. The quantitative estimate of drug-likeness (QED) is 0.0375. The molecule has 0 atom stereocenters. The highest BCUT2D eigenvalue weighted by atomic mass is 32.7. The molecule has 2 aromatic rings. The van der Waals surface area contributed by atoms with E-state index in [-0.39, 0.29) is 5.97 Å². The van der Waals surface area contributed by atoms with Gasteiger partial charge in [0.1, 0.15) is 11.5 Å². The molecule has 87 heavy (non-hydrogen) atoms. The van der Waals surface area contributed by atoms with Gasteiger partial charge in [-0.3, -0.25) is 4.79 Å². The van der Waals surface area contributed by atoms with E-state index < -0.39 is 7.58 Å². The highest BCUT2D eigenvalue weighted by Crippen LogP contribution is 2.52. The van der Waals surface area contributed by atoms with Crippen molar-refractivity contribution in [3.63, 3.8) is 0 Å². The first-order chi connectivity index (χ1) is 43.1. The fourth-order valence-electron chi connectivity index (χ4n) is 12.7. The maximum Gasteiger partial charge on any atom is 0.360 e. The van der Waals surface area contributed by atoms with Crippen molar-refractivity contribution >= 4 is 24.9 Å². The minimum absolute atomic E-state index is 0.0223. The molecule has 2 rings (SSSR count). The molecule has 0 radical (unpaired) electrons. The standard InChI is InChI=1S/C81H147O4PS/c1-4-7-10-13-16-19-22-25-29-34-39-44-49-54-59-66-77-68-64-70-79(75-77)84-86(85-80-71-65-69-78(76-80)67-60-55-50-45-40-35-30-26-23-20-17-14-11-8-5-2)87-74-63-58-53-48-43-38-33-28-31-36-41-46-51-56-61-72-81(82)83-73-62-57-52-47-42-37-32-27-24-21-18-15-12-9-6-3/h64-65,68-71,75-76H,4-63,66-67,72-74H2,1-3H3. The number of carbonyl (C=O) groups is 1. The van der Waals surface area contributed by atoms with E-state index in [4.69, 9.17) is 13.8 Å². The summed E-state index contributed by atoms with van der Waals surface area (Å²) in [7, 11) is -1.16. The maximum absolute atomic E-state index is 12.2. The normalized spacial score (nSPS) is 11.6. The van der Waals surface area contributed by atoms with Crippen LogP contribution in [-0.4, -0.2) is 18.3 Å². The molecule has 0 saturated heterocycles. The van der Waals surface area contributed by atoms with E-state index in [2.05, 4.69) is 69.3 Å². The van der Waals surface area contributed by atoms with Crippen LogP contribution in [0.4, 0.5) is 0 Å². The molecule has 0 saturated carbocycles. The van der Waals surface area contributed by atoms with Crippen LogP contribution in [-0.2, 0) is 22.4 Å². The van der Waals surface area contributed by atoms with Crippen molar-refractivity contribution in [2.75, 3.05) is 12.4 Å². The van der Waals surface area contributed by atoms with Crippen molar-refractivity contribution in [3.05, 3.63) is 59.7 Å². The van der Waals surface area contributed by atoms with Gasteiger partial charge in [0.2, 0.25) is 0 Å². The summed E-state index contributed by atoms with van der Waals surface area (Å²) in [6.07, 6.45) is 85.0. The number of esters is 1. The lowest BCUT2D eigenvalue weighted by molar-refractivity contribution is -0.143. The average molecular weight is 1250 g/mol. The van der Waals surface area contributed by atoms with E-state index in [0.29, 0.717) is 13.0 Å². The molecular formula is C81H147O4PS. The Bertz CT molecular complexity index is 1610. The van der Waals surface area contributed by atoms with Crippen molar-refractivity contribution in [1.82, 2.24) is 0 Å². The van der Waals surface area contributed by atoms with Gasteiger partial charge in [-0.25, -0.2) is 0 Å². The molecule has 0 aromatic heterocycles. The molecule has 6 heteroatoms. The van der Waals surface area contributed by atoms with Crippen molar-refractivity contribution < 1.29 is 18.6 Å². The predicted molar refractivity (Wildman–Crippen MR) is 391 cm³/mol. The average Bonchev–Trinajstić information content (AvgIpc) is 3.70. The Morgan fingerprint density at radius 1 is 0.310 bits per heavy atom. The zero-order chi connectivity index (χ0) is 61.9. The Morgan fingerprint density at radius 2 is 0.563 bits per heavy atom. The van der Waals surface area contributed by atoms with Crippen LogP contribution in [0.15, 0.2) is 48.5 Å². The van der Waals surface area contributed by atoms with Crippen molar-refractivity contribution in [2.24, 2.45) is 0 Å². The number of hydrogen-bond acceptors (Lipinski definition) is 5. The maximum atomic E-state index is 12.2. The molecular weight excluding hydrogens is 1100 g/mol. The lowest BCUT2D eigenvalue weighted by Crippen LogP contribution is -2.05. The fourth-order valence-corrected chi connectivity index (χ4v) is 15.6. The van der Waals surface area contributed by atoms with Gasteiger partial charge in [-0.2, -0.15) is 0 Å². The van der Waals surface area contributed by atoms with Gasteiger partial charge in [0.15, 0.2) is 0 Å². The first-order valence-corrected chi connectivity index (χ1v) is 42.0. The summed E-state index contributed by atoms with van der Waals surface area (Å²) in [6.45, 7) is 7.53. The summed E-state index contributed by atoms with van der Waals surface area (Å²) in [4.78, 5) is 12.2. The van der Waals surface area contributed by atoms with Crippen LogP contribution in [0.25, 0.3) is 0 Å². The second kappa shape index (κ2) is 67.2. The summed E-state index contributed by atoms with van der Waals surface area (Å²) in [6, 6.07) is 17.9. The summed E-state index contributed by atoms with van der Waals surface area (Å²) in [5.74, 6) is 3.03. The molecule has 506 valence electrons. The van der Waals surface area contributed by atoms with Crippen LogP contribution in [0.1, 0.15) is 424 Å². The third-order valence-electron chi connectivity index (χ3n) is 18.5. The lowest BCUT2D eigenvalue weighted by Gasteiger charge is -2.19. The Labute approximate surface area is 549 Å². The van der Waals surface area contributed by atoms with Gasteiger partial charge in [0.05, 0.1) is 6.61 Å². The highest BCUT2D eigenvalue weighted by Gasteiger charge is 2.17. The third-order valence-corrected chi connectivity index (χ3v) is 21.6. The van der Waals surface area contributed by atoms with Crippen molar-refractivity contribution in [3.8, 4) is 11.5 Å². The molecule has 0 bridgehead atoms. The number of aryl methyl sites for hydroxylation is 2. The smallest absolute Gasteiger partial charge is 0.360 e. The number of hydrogen-bond donors (Lipinski definition) is 0. The van der Waals surface area contributed by atoms with Gasteiger partial charge >= 0.3 is 13.5 Å².